The minimum absolute atomic E-state index is 0.0426. The van der Waals surface area contributed by atoms with E-state index in [0.717, 1.165) is 31.4 Å². The molecule has 6 heteroatoms. The average molecular weight is 301 g/mol. The fourth-order valence-corrected chi connectivity index (χ4v) is 2.56. The molecule has 116 valence electrons. The SMILES string of the molecule is O=C(Cc1ccc(C(F)(F)F)cc1)NCC1CCCC1O. The molecule has 0 saturated heterocycles. The van der Waals surface area contributed by atoms with Gasteiger partial charge in [0, 0.05) is 12.5 Å². The van der Waals surface area contributed by atoms with Crippen LogP contribution in [-0.4, -0.2) is 23.7 Å². The molecular formula is C15H18F3NO2. The number of benzene rings is 1. The summed E-state index contributed by atoms with van der Waals surface area (Å²) in [6, 6.07) is 4.58. The molecule has 1 saturated carbocycles. The Morgan fingerprint density at radius 2 is 1.90 bits per heavy atom. The molecule has 3 nitrogen and oxygen atoms in total. The van der Waals surface area contributed by atoms with E-state index in [0.29, 0.717) is 12.1 Å². The fourth-order valence-electron chi connectivity index (χ4n) is 2.56. The van der Waals surface area contributed by atoms with Crippen molar-refractivity contribution in [3.63, 3.8) is 0 Å². The summed E-state index contributed by atoms with van der Waals surface area (Å²) in [4.78, 5) is 11.7. The number of aliphatic hydroxyl groups excluding tert-OH is 1. The van der Waals surface area contributed by atoms with Gasteiger partial charge >= 0.3 is 6.18 Å². The third-order valence-electron chi connectivity index (χ3n) is 3.83. The van der Waals surface area contributed by atoms with Crippen molar-refractivity contribution in [1.82, 2.24) is 5.32 Å². The van der Waals surface area contributed by atoms with Crippen LogP contribution in [0, 0.1) is 5.92 Å². The second-order valence-electron chi connectivity index (χ2n) is 5.43. The second kappa shape index (κ2) is 6.47. The standard InChI is InChI=1S/C15H18F3NO2/c16-15(17,18)12-6-4-10(5-7-12)8-14(21)19-9-11-2-1-3-13(11)20/h4-7,11,13,20H,1-3,8-9H2,(H,19,21). The molecule has 2 unspecified atom stereocenters. The molecule has 1 aliphatic rings. The summed E-state index contributed by atoms with van der Waals surface area (Å²) < 4.78 is 37.2. The van der Waals surface area contributed by atoms with Gasteiger partial charge in [-0.15, -0.1) is 0 Å². The van der Waals surface area contributed by atoms with Gasteiger partial charge in [-0.2, -0.15) is 13.2 Å². The molecule has 1 aromatic carbocycles. The predicted octanol–water partition coefficient (Wildman–Crippen LogP) is 2.53. The molecule has 0 spiro atoms. The number of alkyl halides is 3. The lowest BCUT2D eigenvalue weighted by Gasteiger charge is -2.15. The van der Waals surface area contributed by atoms with Crippen LogP contribution in [-0.2, 0) is 17.4 Å². The van der Waals surface area contributed by atoms with Crippen molar-refractivity contribution in [2.24, 2.45) is 5.92 Å². The Morgan fingerprint density at radius 1 is 1.24 bits per heavy atom. The number of hydrogen-bond acceptors (Lipinski definition) is 2. The molecule has 1 aromatic rings. The molecule has 0 heterocycles. The first kappa shape index (κ1) is 15.8. The van der Waals surface area contributed by atoms with Gasteiger partial charge in [0.1, 0.15) is 0 Å². The molecule has 0 aromatic heterocycles. The smallest absolute Gasteiger partial charge is 0.393 e. The van der Waals surface area contributed by atoms with E-state index in [9.17, 15) is 23.1 Å². The van der Waals surface area contributed by atoms with Gasteiger partial charge in [-0.1, -0.05) is 18.6 Å². The normalized spacial score (nSPS) is 22.3. The Labute approximate surface area is 121 Å². The van der Waals surface area contributed by atoms with Crippen LogP contribution in [0.1, 0.15) is 30.4 Å². The Hall–Kier alpha value is -1.56. The summed E-state index contributed by atoms with van der Waals surface area (Å²) in [7, 11) is 0. The van der Waals surface area contributed by atoms with Crippen molar-refractivity contribution in [2.45, 2.75) is 38.0 Å². The molecule has 21 heavy (non-hydrogen) atoms. The topological polar surface area (TPSA) is 49.3 Å². The Kier molecular flexibility index (Phi) is 4.88. The average Bonchev–Trinajstić information content (AvgIpc) is 2.81. The third kappa shape index (κ3) is 4.46. The zero-order valence-corrected chi connectivity index (χ0v) is 11.5. The van der Waals surface area contributed by atoms with Gasteiger partial charge in [0.05, 0.1) is 18.1 Å². The first-order valence-electron chi connectivity index (χ1n) is 6.97. The lowest BCUT2D eigenvalue weighted by Crippen LogP contribution is -2.33. The van der Waals surface area contributed by atoms with Gasteiger partial charge in [0.15, 0.2) is 0 Å². The van der Waals surface area contributed by atoms with Gasteiger partial charge in [-0.25, -0.2) is 0 Å². The first-order valence-corrected chi connectivity index (χ1v) is 6.97. The van der Waals surface area contributed by atoms with Gasteiger partial charge in [-0.3, -0.25) is 4.79 Å². The summed E-state index contributed by atoms with van der Waals surface area (Å²) in [6.07, 6.45) is -2.07. The van der Waals surface area contributed by atoms with E-state index in [1.165, 1.54) is 12.1 Å². The first-order chi connectivity index (χ1) is 9.86. The Balaban J connectivity index is 1.82. The number of halogens is 3. The predicted molar refractivity (Wildman–Crippen MR) is 71.5 cm³/mol. The number of amides is 1. The van der Waals surface area contributed by atoms with E-state index in [4.69, 9.17) is 0 Å². The Morgan fingerprint density at radius 3 is 2.43 bits per heavy atom. The van der Waals surface area contributed by atoms with Crippen LogP contribution in [0.3, 0.4) is 0 Å². The minimum atomic E-state index is -4.36. The highest BCUT2D eigenvalue weighted by atomic mass is 19.4. The monoisotopic (exact) mass is 301 g/mol. The molecule has 0 radical (unpaired) electrons. The summed E-state index contributed by atoms with van der Waals surface area (Å²) in [5.41, 5.74) is -0.187. The van der Waals surface area contributed by atoms with Crippen LogP contribution in [0.5, 0.6) is 0 Å². The van der Waals surface area contributed by atoms with Crippen molar-refractivity contribution < 1.29 is 23.1 Å². The van der Waals surface area contributed by atoms with Crippen LogP contribution in [0.2, 0.25) is 0 Å². The summed E-state index contributed by atoms with van der Waals surface area (Å²) in [6.45, 7) is 0.417. The zero-order chi connectivity index (χ0) is 15.5. The number of carbonyl (C=O) groups excluding carboxylic acids is 1. The highest BCUT2D eigenvalue weighted by Gasteiger charge is 2.30. The van der Waals surface area contributed by atoms with Crippen molar-refractivity contribution in [2.75, 3.05) is 6.54 Å². The fraction of sp³-hybridized carbons (Fsp3) is 0.533. The van der Waals surface area contributed by atoms with Crippen molar-refractivity contribution in [1.29, 1.82) is 0 Å². The number of rotatable bonds is 4. The van der Waals surface area contributed by atoms with E-state index in [-0.39, 0.29) is 24.3 Å². The lowest BCUT2D eigenvalue weighted by molar-refractivity contribution is -0.137. The van der Waals surface area contributed by atoms with Crippen molar-refractivity contribution in [3.8, 4) is 0 Å². The van der Waals surface area contributed by atoms with E-state index in [1.807, 2.05) is 0 Å². The van der Waals surface area contributed by atoms with E-state index in [1.54, 1.807) is 0 Å². The van der Waals surface area contributed by atoms with Crippen LogP contribution in [0.4, 0.5) is 13.2 Å². The number of carbonyl (C=O) groups is 1. The minimum Gasteiger partial charge on any atom is -0.393 e. The third-order valence-corrected chi connectivity index (χ3v) is 3.83. The second-order valence-corrected chi connectivity index (χ2v) is 5.43. The molecule has 1 fully saturated rings. The number of aliphatic hydroxyl groups is 1. The maximum absolute atomic E-state index is 12.4. The van der Waals surface area contributed by atoms with Gasteiger partial charge in [0.25, 0.3) is 0 Å². The van der Waals surface area contributed by atoms with Crippen molar-refractivity contribution in [3.05, 3.63) is 35.4 Å². The summed E-state index contributed by atoms with van der Waals surface area (Å²) in [5, 5.41) is 12.4. The highest BCUT2D eigenvalue weighted by molar-refractivity contribution is 5.78. The van der Waals surface area contributed by atoms with E-state index < -0.39 is 11.7 Å². The summed E-state index contributed by atoms with van der Waals surface area (Å²) >= 11 is 0. The number of nitrogens with one attached hydrogen (secondary N) is 1. The van der Waals surface area contributed by atoms with Gasteiger partial charge in [-0.05, 0) is 30.5 Å². The summed E-state index contributed by atoms with van der Waals surface area (Å²) in [5.74, 6) is -0.157. The molecule has 0 bridgehead atoms. The maximum atomic E-state index is 12.4. The largest absolute Gasteiger partial charge is 0.416 e. The van der Waals surface area contributed by atoms with Gasteiger partial charge in [0.2, 0.25) is 5.91 Å². The quantitative estimate of drug-likeness (QED) is 0.898. The molecule has 2 N–H and O–H groups in total. The molecule has 2 rings (SSSR count). The van der Waals surface area contributed by atoms with Gasteiger partial charge < -0.3 is 10.4 Å². The zero-order valence-electron chi connectivity index (χ0n) is 11.5. The van der Waals surface area contributed by atoms with E-state index >= 15 is 0 Å². The van der Waals surface area contributed by atoms with Crippen LogP contribution in [0.25, 0.3) is 0 Å². The molecule has 0 aliphatic heterocycles. The molecule has 1 amide bonds. The molecule has 2 atom stereocenters. The van der Waals surface area contributed by atoms with Crippen LogP contribution < -0.4 is 5.32 Å². The Bertz CT molecular complexity index is 485. The van der Waals surface area contributed by atoms with E-state index in [2.05, 4.69) is 5.32 Å². The maximum Gasteiger partial charge on any atom is 0.416 e. The lowest BCUT2D eigenvalue weighted by atomic mass is 10.1. The molecular weight excluding hydrogens is 283 g/mol. The van der Waals surface area contributed by atoms with Crippen LogP contribution >= 0.6 is 0 Å². The number of hydrogen-bond donors (Lipinski definition) is 2. The van der Waals surface area contributed by atoms with Crippen LogP contribution in [0.15, 0.2) is 24.3 Å². The van der Waals surface area contributed by atoms with Crippen molar-refractivity contribution >= 4 is 5.91 Å². The molecule has 1 aliphatic carbocycles. The highest BCUT2D eigenvalue weighted by Crippen LogP contribution is 2.29.